The topological polar surface area (TPSA) is 64.4 Å². The maximum atomic E-state index is 11.2. The summed E-state index contributed by atoms with van der Waals surface area (Å²) in [5, 5.41) is 3.40. The number of carbonyl (C=O) groups excluding carboxylic acids is 1. The molecular weight excluding hydrogens is 264 g/mol. The molecule has 108 valence electrons. The van der Waals surface area contributed by atoms with Crippen molar-refractivity contribution < 1.29 is 9.53 Å². The molecule has 1 aliphatic heterocycles. The fraction of sp³-hybridized carbons (Fsp3) is 0.235. The first-order valence-corrected chi connectivity index (χ1v) is 7.11. The lowest BCUT2D eigenvalue weighted by atomic mass is 10.0. The summed E-state index contributed by atoms with van der Waals surface area (Å²) in [5.74, 6) is 0.437. The largest absolute Gasteiger partial charge is 0.487 e. The molecule has 1 aliphatic rings. The highest BCUT2D eigenvalue weighted by atomic mass is 16.5. The van der Waals surface area contributed by atoms with E-state index < -0.39 is 5.91 Å². The number of primary amides is 1. The standard InChI is InChI=1S/C17H18N2O2/c18-17(20)14-6-1-4-12(10-14)11-21-15-8-2-5-13-7-3-9-19-16(13)15/h1-2,4-6,8,10,19H,3,7,9,11H2,(H2,18,20). The maximum Gasteiger partial charge on any atom is 0.248 e. The molecule has 0 radical (unpaired) electrons. The van der Waals surface area contributed by atoms with Crippen LogP contribution in [0.1, 0.15) is 27.9 Å². The lowest BCUT2D eigenvalue weighted by Gasteiger charge is -2.21. The summed E-state index contributed by atoms with van der Waals surface area (Å²) in [6.07, 6.45) is 2.23. The van der Waals surface area contributed by atoms with E-state index >= 15 is 0 Å². The Kier molecular flexibility index (Phi) is 3.77. The van der Waals surface area contributed by atoms with Crippen molar-refractivity contribution in [2.45, 2.75) is 19.4 Å². The Morgan fingerprint density at radius 3 is 2.95 bits per heavy atom. The van der Waals surface area contributed by atoms with Gasteiger partial charge in [0.05, 0.1) is 5.69 Å². The second-order valence-electron chi connectivity index (χ2n) is 5.17. The average Bonchev–Trinajstić information content (AvgIpc) is 2.53. The minimum Gasteiger partial charge on any atom is -0.487 e. The van der Waals surface area contributed by atoms with Crippen LogP contribution >= 0.6 is 0 Å². The molecule has 0 fully saturated rings. The van der Waals surface area contributed by atoms with Crippen LogP contribution in [0.2, 0.25) is 0 Å². The van der Waals surface area contributed by atoms with E-state index in [1.165, 1.54) is 5.56 Å². The molecule has 3 N–H and O–H groups in total. The van der Waals surface area contributed by atoms with Crippen molar-refractivity contribution in [2.24, 2.45) is 5.73 Å². The van der Waals surface area contributed by atoms with Gasteiger partial charge in [-0.05, 0) is 42.2 Å². The fourth-order valence-corrected chi connectivity index (χ4v) is 2.57. The first kappa shape index (κ1) is 13.5. The van der Waals surface area contributed by atoms with Gasteiger partial charge in [-0.1, -0.05) is 24.3 Å². The average molecular weight is 282 g/mol. The van der Waals surface area contributed by atoms with Gasteiger partial charge in [-0.25, -0.2) is 0 Å². The van der Waals surface area contributed by atoms with Gasteiger partial charge in [0.2, 0.25) is 5.91 Å². The third-order valence-electron chi connectivity index (χ3n) is 3.64. The summed E-state index contributed by atoms with van der Waals surface area (Å²) in [7, 11) is 0. The zero-order valence-corrected chi connectivity index (χ0v) is 11.8. The number of nitrogens with two attached hydrogens (primary N) is 1. The van der Waals surface area contributed by atoms with Crippen LogP contribution in [-0.4, -0.2) is 12.5 Å². The highest BCUT2D eigenvalue weighted by Gasteiger charge is 2.13. The number of hydrogen-bond donors (Lipinski definition) is 2. The van der Waals surface area contributed by atoms with Crippen LogP contribution in [-0.2, 0) is 13.0 Å². The van der Waals surface area contributed by atoms with E-state index in [-0.39, 0.29) is 0 Å². The highest BCUT2D eigenvalue weighted by molar-refractivity contribution is 5.92. The van der Waals surface area contributed by atoms with Gasteiger partial charge >= 0.3 is 0 Å². The molecule has 3 rings (SSSR count). The van der Waals surface area contributed by atoms with Gasteiger partial charge in [-0.2, -0.15) is 0 Å². The third kappa shape index (κ3) is 2.99. The summed E-state index contributed by atoms with van der Waals surface area (Å²) >= 11 is 0. The molecular formula is C17H18N2O2. The lowest BCUT2D eigenvalue weighted by Crippen LogP contribution is -2.13. The van der Waals surface area contributed by atoms with E-state index in [2.05, 4.69) is 11.4 Å². The summed E-state index contributed by atoms with van der Waals surface area (Å²) in [4.78, 5) is 11.2. The number of aryl methyl sites for hydroxylation is 1. The number of hydrogen-bond acceptors (Lipinski definition) is 3. The van der Waals surface area contributed by atoms with Crippen LogP contribution in [0.5, 0.6) is 5.75 Å². The number of benzene rings is 2. The van der Waals surface area contributed by atoms with E-state index in [1.54, 1.807) is 12.1 Å². The minimum absolute atomic E-state index is 0.416. The molecule has 0 aliphatic carbocycles. The van der Waals surface area contributed by atoms with E-state index in [9.17, 15) is 4.79 Å². The van der Waals surface area contributed by atoms with Crippen LogP contribution in [0.4, 0.5) is 5.69 Å². The predicted molar refractivity (Wildman–Crippen MR) is 82.5 cm³/mol. The highest BCUT2D eigenvalue weighted by Crippen LogP contribution is 2.32. The van der Waals surface area contributed by atoms with Gasteiger partial charge in [0.15, 0.2) is 0 Å². The van der Waals surface area contributed by atoms with Crippen molar-refractivity contribution in [1.82, 2.24) is 0 Å². The molecule has 2 aromatic carbocycles. The zero-order chi connectivity index (χ0) is 14.7. The van der Waals surface area contributed by atoms with Gasteiger partial charge in [0.25, 0.3) is 0 Å². The molecule has 4 nitrogen and oxygen atoms in total. The Morgan fingerprint density at radius 2 is 2.10 bits per heavy atom. The molecule has 0 aromatic heterocycles. The molecule has 1 heterocycles. The molecule has 0 atom stereocenters. The van der Waals surface area contributed by atoms with Gasteiger partial charge in [-0.3, -0.25) is 4.79 Å². The maximum absolute atomic E-state index is 11.2. The number of carbonyl (C=O) groups is 1. The summed E-state index contributed by atoms with van der Waals surface area (Å²) in [6, 6.07) is 13.3. The number of fused-ring (bicyclic) bond motifs is 1. The molecule has 0 unspecified atom stereocenters. The minimum atomic E-state index is -0.421. The fourth-order valence-electron chi connectivity index (χ4n) is 2.57. The number of amides is 1. The second-order valence-corrected chi connectivity index (χ2v) is 5.17. The Bertz CT molecular complexity index is 668. The second kappa shape index (κ2) is 5.87. The van der Waals surface area contributed by atoms with Crippen LogP contribution in [0.15, 0.2) is 42.5 Å². The molecule has 0 saturated heterocycles. The number of nitrogens with one attached hydrogen (secondary N) is 1. The first-order valence-electron chi connectivity index (χ1n) is 7.11. The molecule has 21 heavy (non-hydrogen) atoms. The Labute approximate surface area is 123 Å². The van der Waals surface area contributed by atoms with E-state index in [4.69, 9.17) is 10.5 Å². The van der Waals surface area contributed by atoms with Crippen LogP contribution in [0, 0.1) is 0 Å². The van der Waals surface area contributed by atoms with Crippen LogP contribution in [0.25, 0.3) is 0 Å². The van der Waals surface area contributed by atoms with Gasteiger partial charge in [0.1, 0.15) is 12.4 Å². The zero-order valence-electron chi connectivity index (χ0n) is 11.8. The molecule has 4 heteroatoms. The van der Waals surface area contributed by atoms with Crippen LogP contribution < -0.4 is 15.8 Å². The van der Waals surface area contributed by atoms with E-state index in [0.29, 0.717) is 12.2 Å². The monoisotopic (exact) mass is 282 g/mol. The van der Waals surface area contributed by atoms with E-state index in [1.807, 2.05) is 24.3 Å². The smallest absolute Gasteiger partial charge is 0.248 e. The normalized spacial score (nSPS) is 13.1. The van der Waals surface area contributed by atoms with Crippen molar-refractivity contribution in [3.05, 3.63) is 59.2 Å². The van der Waals surface area contributed by atoms with Gasteiger partial charge in [0, 0.05) is 12.1 Å². The molecule has 1 amide bonds. The summed E-state index contributed by atoms with van der Waals surface area (Å²) in [5.41, 5.74) is 9.11. The van der Waals surface area contributed by atoms with Crippen molar-refractivity contribution in [1.29, 1.82) is 0 Å². The lowest BCUT2D eigenvalue weighted by molar-refractivity contribution is 0.1000. The van der Waals surface area contributed by atoms with Crippen molar-refractivity contribution in [3.8, 4) is 5.75 Å². The van der Waals surface area contributed by atoms with E-state index in [0.717, 1.165) is 36.4 Å². The molecule has 0 saturated carbocycles. The summed E-state index contributed by atoms with van der Waals surface area (Å²) in [6.45, 7) is 1.39. The number of rotatable bonds is 4. The summed E-state index contributed by atoms with van der Waals surface area (Å²) < 4.78 is 5.91. The third-order valence-corrected chi connectivity index (χ3v) is 3.64. The Morgan fingerprint density at radius 1 is 1.24 bits per heavy atom. The quantitative estimate of drug-likeness (QED) is 0.906. The van der Waals surface area contributed by atoms with Crippen molar-refractivity contribution >= 4 is 11.6 Å². The molecule has 0 spiro atoms. The Balaban J connectivity index is 1.76. The SMILES string of the molecule is NC(=O)c1cccc(COc2cccc3c2NCCC3)c1. The van der Waals surface area contributed by atoms with Gasteiger partial charge in [-0.15, -0.1) is 0 Å². The van der Waals surface area contributed by atoms with Crippen molar-refractivity contribution in [2.75, 3.05) is 11.9 Å². The van der Waals surface area contributed by atoms with Crippen LogP contribution in [0.3, 0.4) is 0 Å². The predicted octanol–water partition coefficient (Wildman–Crippen LogP) is 2.72. The molecule has 2 aromatic rings. The van der Waals surface area contributed by atoms with Crippen molar-refractivity contribution in [3.63, 3.8) is 0 Å². The number of para-hydroxylation sites is 1. The molecule has 0 bridgehead atoms. The number of ether oxygens (including phenoxy) is 1. The Hall–Kier alpha value is -2.49. The first-order chi connectivity index (χ1) is 10.2. The number of anilines is 1. The van der Waals surface area contributed by atoms with Gasteiger partial charge < -0.3 is 15.8 Å².